The number of imide groups is 1. The number of aryl methyl sites for hydroxylation is 2. The largest absolute Gasteiger partial charge is 0.324 e. The van der Waals surface area contributed by atoms with Crippen molar-refractivity contribution >= 4 is 29.1 Å². The third kappa shape index (κ3) is 2.07. The smallest absolute Gasteiger partial charge is 0.250 e. The van der Waals surface area contributed by atoms with Crippen LogP contribution in [0.1, 0.15) is 29.5 Å². The third-order valence-electron chi connectivity index (χ3n) is 7.54. The van der Waals surface area contributed by atoms with E-state index in [9.17, 15) is 18.8 Å². The number of anilines is 2. The molecule has 3 fully saturated rings. The summed E-state index contributed by atoms with van der Waals surface area (Å²) >= 11 is 0. The van der Waals surface area contributed by atoms with Gasteiger partial charge in [-0.05, 0) is 50.9 Å². The molecule has 6 rings (SSSR count). The van der Waals surface area contributed by atoms with Crippen molar-refractivity contribution in [3.05, 3.63) is 58.9 Å². The predicted molar refractivity (Wildman–Crippen MR) is 112 cm³/mol. The highest BCUT2D eigenvalue weighted by Gasteiger charge is 2.74. The Hall–Kier alpha value is -3.06. The number of carbonyl (C=O) groups is 3. The van der Waals surface area contributed by atoms with Crippen molar-refractivity contribution in [1.29, 1.82) is 0 Å². The molecule has 4 aliphatic rings. The number of amides is 3. The van der Waals surface area contributed by atoms with Gasteiger partial charge in [-0.25, -0.2) is 9.29 Å². The Kier molecular flexibility index (Phi) is 3.62. The third-order valence-corrected chi connectivity index (χ3v) is 7.54. The second-order valence-electron chi connectivity index (χ2n) is 9.09. The van der Waals surface area contributed by atoms with E-state index in [2.05, 4.69) is 10.2 Å². The Morgan fingerprint density at radius 1 is 1.10 bits per heavy atom. The minimum atomic E-state index is -1.23. The molecule has 1 N–H and O–H groups in total. The van der Waals surface area contributed by atoms with Crippen LogP contribution in [0.4, 0.5) is 15.8 Å². The van der Waals surface area contributed by atoms with Gasteiger partial charge in [-0.3, -0.25) is 19.3 Å². The summed E-state index contributed by atoms with van der Waals surface area (Å²) in [5.41, 5.74) is 2.16. The molecular formula is C24H22FN3O3. The molecule has 3 saturated heterocycles. The molecule has 4 heterocycles. The molecular weight excluding hydrogens is 397 g/mol. The van der Waals surface area contributed by atoms with Crippen molar-refractivity contribution < 1.29 is 18.8 Å². The Labute approximate surface area is 179 Å². The van der Waals surface area contributed by atoms with E-state index in [4.69, 9.17) is 0 Å². The van der Waals surface area contributed by atoms with Gasteiger partial charge in [0.05, 0.1) is 17.5 Å². The van der Waals surface area contributed by atoms with Crippen LogP contribution in [-0.2, 0) is 19.9 Å². The lowest BCUT2D eigenvalue weighted by Crippen LogP contribution is -2.54. The molecule has 0 radical (unpaired) electrons. The molecule has 0 unspecified atom stereocenters. The zero-order valence-electron chi connectivity index (χ0n) is 17.3. The van der Waals surface area contributed by atoms with Gasteiger partial charge in [0.2, 0.25) is 17.7 Å². The normalized spacial score (nSPS) is 31.4. The summed E-state index contributed by atoms with van der Waals surface area (Å²) in [7, 11) is 0. The molecule has 4 atom stereocenters. The maximum Gasteiger partial charge on any atom is 0.250 e. The van der Waals surface area contributed by atoms with Crippen LogP contribution < -0.4 is 10.2 Å². The van der Waals surface area contributed by atoms with Gasteiger partial charge in [0.25, 0.3) is 0 Å². The average molecular weight is 419 g/mol. The van der Waals surface area contributed by atoms with Crippen molar-refractivity contribution in [2.75, 3.05) is 16.8 Å². The monoisotopic (exact) mass is 419 g/mol. The Morgan fingerprint density at radius 3 is 2.65 bits per heavy atom. The Bertz CT molecular complexity index is 1190. The van der Waals surface area contributed by atoms with Crippen LogP contribution in [-0.4, -0.2) is 35.2 Å². The molecule has 1 spiro atoms. The quantitative estimate of drug-likeness (QED) is 0.722. The van der Waals surface area contributed by atoms with E-state index in [1.807, 2.05) is 26.0 Å². The molecule has 3 amide bonds. The molecule has 7 heteroatoms. The van der Waals surface area contributed by atoms with E-state index in [1.165, 1.54) is 18.2 Å². The van der Waals surface area contributed by atoms with Crippen LogP contribution in [0.3, 0.4) is 0 Å². The maximum atomic E-state index is 14.6. The van der Waals surface area contributed by atoms with Gasteiger partial charge in [-0.15, -0.1) is 0 Å². The summed E-state index contributed by atoms with van der Waals surface area (Å²) in [6, 6.07) is 9.57. The topological polar surface area (TPSA) is 69.7 Å². The van der Waals surface area contributed by atoms with Crippen LogP contribution in [0.2, 0.25) is 0 Å². The molecule has 0 aromatic heterocycles. The lowest BCUT2D eigenvalue weighted by Gasteiger charge is -2.36. The van der Waals surface area contributed by atoms with Crippen molar-refractivity contribution in [3.8, 4) is 0 Å². The minimum absolute atomic E-state index is 0.0364. The number of hydrogen-bond acceptors (Lipinski definition) is 4. The molecule has 6 nitrogen and oxygen atoms in total. The van der Waals surface area contributed by atoms with Gasteiger partial charge in [-0.1, -0.05) is 29.8 Å². The Morgan fingerprint density at radius 2 is 1.87 bits per heavy atom. The van der Waals surface area contributed by atoms with E-state index >= 15 is 0 Å². The fourth-order valence-electron chi connectivity index (χ4n) is 6.53. The number of fused-ring (bicyclic) bond motifs is 7. The summed E-state index contributed by atoms with van der Waals surface area (Å²) < 4.78 is 14.6. The number of hydrogen-bond donors (Lipinski definition) is 1. The maximum absolute atomic E-state index is 14.6. The number of rotatable bonds is 1. The number of halogens is 1. The number of para-hydroxylation sites is 1. The van der Waals surface area contributed by atoms with Crippen molar-refractivity contribution in [3.63, 3.8) is 0 Å². The first-order chi connectivity index (χ1) is 14.9. The summed E-state index contributed by atoms with van der Waals surface area (Å²) in [6.45, 7) is 4.55. The summed E-state index contributed by atoms with van der Waals surface area (Å²) in [5.74, 6) is -3.30. The highest BCUT2D eigenvalue weighted by molar-refractivity contribution is 6.26. The highest BCUT2D eigenvalue weighted by atomic mass is 19.1. The molecule has 0 saturated carbocycles. The number of nitrogens with one attached hydrogen (secondary N) is 1. The second-order valence-corrected chi connectivity index (χ2v) is 9.09. The van der Waals surface area contributed by atoms with Gasteiger partial charge < -0.3 is 5.32 Å². The molecule has 4 aliphatic heterocycles. The molecule has 0 aliphatic carbocycles. The molecule has 158 valence electrons. The van der Waals surface area contributed by atoms with Crippen LogP contribution >= 0.6 is 0 Å². The zero-order chi connectivity index (χ0) is 21.7. The van der Waals surface area contributed by atoms with Crippen molar-refractivity contribution in [2.45, 2.75) is 38.3 Å². The lowest BCUT2D eigenvalue weighted by molar-refractivity contribution is -0.135. The van der Waals surface area contributed by atoms with Crippen LogP contribution in [0.25, 0.3) is 0 Å². The van der Waals surface area contributed by atoms with E-state index in [-0.39, 0.29) is 17.6 Å². The van der Waals surface area contributed by atoms with E-state index in [0.29, 0.717) is 6.54 Å². The fraction of sp³-hybridized carbons (Fsp3) is 0.375. The zero-order valence-corrected chi connectivity index (χ0v) is 17.3. The van der Waals surface area contributed by atoms with Gasteiger partial charge >= 0.3 is 0 Å². The molecule has 2 aromatic carbocycles. The first-order valence-electron chi connectivity index (χ1n) is 10.7. The van der Waals surface area contributed by atoms with Crippen LogP contribution in [0.15, 0.2) is 36.4 Å². The van der Waals surface area contributed by atoms with Gasteiger partial charge in [0.1, 0.15) is 11.4 Å². The van der Waals surface area contributed by atoms with Gasteiger partial charge in [-0.2, -0.15) is 0 Å². The van der Waals surface area contributed by atoms with E-state index in [1.54, 1.807) is 6.07 Å². The standard InChI is InChI=1S/C24H22FN3O3/c1-12-10-13(2)20-14(11-12)24(23(31)26-20)19-18(17-8-5-9-27(17)24)21(29)28(22(19)30)16-7-4-3-6-15(16)25/h3-4,6-7,10-11,17-19H,5,8-9H2,1-2H3,(H,26,31)/t17-,18-,19-,24+/m0/s1. The first kappa shape index (κ1) is 18.7. The first-order valence-corrected chi connectivity index (χ1v) is 10.7. The van der Waals surface area contributed by atoms with E-state index in [0.717, 1.165) is 40.1 Å². The summed E-state index contributed by atoms with van der Waals surface area (Å²) in [6.07, 6.45) is 1.59. The highest BCUT2D eigenvalue weighted by Crippen LogP contribution is 2.61. The number of benzene rings is 2. The van der Waals surface area contributed by atoms with Crippen molar-refractivity contribution in [1.82, 2.24) is 4.90 Å². The fourth-order valence-corrected chi connectivity index (χ4v) is 6.53. The van der Waals surface area contributed by atoms with Crippen LogP contribution in [0, 0.1) is 31.5 Å². The molecule has 0 bridgehead atoms. The molecule has 31 heavy (non-hydrogen) atoms. The Balaban J connectivity index is 1.60. The van der Waals surface area contributed by atoms with Gasteiger partial charge in [0, 0.05) is 17.3 Å². The summed E-state index contributed by atoms with van der Waals surface area (Å²) in [5, 5.41) is 3.02. The average Bonchev–Trinajstić information content (AvgIpc) is 3.42. The minimum Gasteiger partial charge on any atom is -0.324 e. The number of carbonyl (C=O) groups excluding carboxylic acids is 3. The van der Waals surface area contributed by atoms with E-state index < -0.39 is 35.0 Å². The van der Waals surface area contributed by atoms with Crippen molar-refractivity contribution in [2.24, 2.45) is 11.8 Å². The summed E-state index contributed by atoms with van der Waals surface area (Å²) in [4.78, 5) is 44.1. The molecule has 2 aromatic rings. The lowest BCUT2D eigenvalue weighted by atomic mass is 9.75. The second kappa shape index (κ2) is 6.01. The SMILES string of the molecule is Cc1cc(C)c2c(c1)[C@]1(C(=O)N2)[C@@H]2C(=O)N(c3ccccc3F)C(=O)[C@H]2[C@@H]2CCCN21. The number of nitrogens with zero attached hydrogens (tertiary/aromatic N) is 2. The van der Waals surface area contributed by atoms with Gasteiger partial charge in [0.15, 0.2) is 0 Å². The van der Waals surface area contributed by atoms with Crippen LogP contribution in [0.5, 0.6) is 0 Å². The predicted octanol–water partition coefficient (Wildman–Crippen LogP) is 2.87.